The molecule has 0 atom stereocenters. The molecule has 0 aromatic rings. The number of nitrogens with zero attached hydrogens (tertiary/aromatic N) is 2. The average Bonchev–Trinajstić information content (AvgIpc) is 2.34. The number of amides is 3. The van der Waals surface area contributed by atoms with Crippen molar-refractivity contribution in [2.24, 2.45) is 5.10 Å². The van der Waals surface area contributed by atoms with E-state index in [2.05, 4.69) is 15.8 Å². The first kappa shape index (κ1) is 18.9. The van der Waals surface area contributed by atoms with E-state index in [9.17, 15) is 14.4 Å². The number of hydrogen-bond donors (Lipinski definition) is 2. The van der Waals surface area contributed by atoms with Gasteiger partial charge in [0, 0.05) is 26.4 Å². The van der Waals surface area contributed by atoms with Gasteiger partial charge in [-0.1, -0.05) is 0 Å². The number of ether oxygens (including phenoxy) is 1. The molecule has 0 aromatic heterocycles. The van der Waals surface area contributed by atoms with Crippen molar-refractivity contribution >= 4 is 23.6 Å². The second-order valence-electron chi connectivity index (χ2n) is 7.27. The summed E-state index contributed by atoms with van der Waals surface area (Å²) in [7, 11) is 1.62. The summed E-state index contributed by atoms with van der Waals surface area (Å²) < 4.78 is 5.22. The number of hydrazone groups is 1. The van der Waals surface area contributed by atoms with Crippen LogP contribution in [0.2, 0.25) is 0 Å². The summed E-state index contributed by atoms with van der Waals surface area (Å²) in [6, 6.07) is 0. The number of carbonyl (C=O) groups excluding carboxylic acids is 3. The molecule has 8 nitrogen and oxygen atoms in total. The second kappa shape index (κ2) is 6.97. The van der Waals surface area contributed by atoms with Crippen LogP contribution < -0.4 is 10.7 Å². The van der Waals surface area contributed by atoms with Crippen molar-refractivity contribution in [2.45, 2.75) is 58.6 Å². The van der Waals surface area contributed by atoms with Gasteiger partial charge in [0.15, 0.2) is 0 Å². The molecule has 0 aromatic carbocycles. The molecule has 8 heteroatoms. The summed E-state index contributed by atoms with van der Waals surface area (Å²) in [4.78, 5) is 36.7. The van der Waals surface area contributed by atoms with E-state index in [1.807, 2.05) is 0 Å². The molecule has 130 valence electrons. The Labute approximate surface area is 136 Å². The molecule has 0 spiro atoms. The minimum atomic E-state index is -0.675. The third-order valence-electron chi connectivity index (χ3n) is 2.97. The lowest BCUT2D eigenvalue weighted by molar-refractivity contribution is -0.124. The number of alkyl carbamates (subject to hydrolysis) is 1. The molecule has 0 aliphatic carbocycles. The average molecular weight is 326 g/mol. The largest absolute Gasteiger partial charge is 0.444 e. The molecule has 3 amide bonds. The number of likely N-dealkylation sites (N-methyl/N-ethyl adjacent to an activating group) is 1. The van der Waals surface area contributed by atoms with E-state index in [-0.39, 0.29) is 24.8 Å². The van der Waals surface area contributed by atoms with Gasteiger partial charge >= 0.3 is 6.09 Å². The highest BCUT2D eigenvalue weighted by molar-refractivity contribution is 6.39. The van der Waals surface area contributed by atoms with Gasteiger partial charge in [-0.2, -0.15) is 5.10 Å². The van der Waals surface area contributed by atoms with Crippen LogP contribution in [0.3, 0.4) is 0 Å². The molecule has 1 aliphatic heterocycles. The Balaban J connectivity index is 2.60. The third kappa shape index (κ3) is 6.66. The first-order chi connectivity index (χ1) is 10.4. The highest BCUT2D eigenvalue weighted by atomic mass is 16.6. The molecule has 0 fully saturated rings. The predicted octanol–water partition coefficient (Wildman–Crippen LogP) is 1.01. The molecule has 23 heavy (non-hydrogen) atoms. The van der Waals surface area contributed by atoms with Gasteiger partial charge in [-0.25, -0.2) is 10.2 Å². The lowest BCUT2D eigenvalue weighted by atomic mass is 10.0. The van der Waals surface area contributed by atoms with Crippen molar-refractivity contribution in [2.75, 3.05) is 13.6 Å². The minimum absolute atomic E-state index is 0.198. The standard InChI is InChI=1S/C15H26N4O4/c1-14(2,3)23-13(22)16-15(4,5)9-19(6)12(21)10-7-8-11(20)18-17-10/h7-9H2,1-6H3,(H,16,22)(H,18,20). The monoisotopic (exact) mass is 326 g/mol. The number of carbonyl (C=O) groups is 3. The summed E-state index contributed by atoms with van der Waals surface area (Å²) in [5, 5.41) is 6.53. The van der Waals surface area contributed by atoms with Crippen LogP contribution in [0.15, 0.2) is 5.10 Å². The Morgan fingerprint density at radius 2 is 1.87 bits per heavy atom. The molecule has 0 unspecified atom stereocenters. The zero-order valence-corrected chi connectivity index (χ0v) is 14.6. The first-order valence-electron chi connectivity index (χ1n) is 7.52. The SMILES string of the molecule is CN(CC(C)(C)NC(=O)OC(C)(C)C)C(=O)C1=NNC(=O)CC1. The van der Waals surface area contributed by atoms with E-state index in [1.54, 1.807) is 41.7 Å². The lowest BCUT2D eigenvalue weighted by Crippen LogP contribution is -2.54. The number of rotatable bonds is 4. The van der Waals surface area contributed by atoms with Gasteiger partial charge in [0.05, 0.1) is 5.54 Å². The smallest absolute Gasteiger partial charge is 0.408 e. The summed E-state index contributed by atoms with van der Waals surface area (Å²) in [5.41, 5.74) is 1.34. The molecule has 0 saturated heterocycles. The van der Waals surface area contributed by atoms with Gasteiger partial charge < -0.3 is 15.0 Å². The molecule has 2 N–H and O–H groups in total. The number of hydrogen-bond acceptors (Lipinski definition) is 5. The molecule has 0 bridgehead atoms. The van der Waals surface area contributed by atoms with Crippen molar-refractivity contribution < 1.29 is 19.1 Å². The van der Waals surface area contributed by atoms with Gasteiger partial charge in [-0.05, 0) is 34.6 Å². The minimum Gasteiger partial charge on any atom is -0.444 e. The van der Waals surface area contributed by atoms with E-state index < -0.39 is 17.2 Å². The van der Waals surface area contributed by atoms with Crippen molar-refractivity contribution in [3.63, 3.8) is 0 Å². The first-order valence-corrected chi connectivity index (χ1v) is 7.52. The van der Waals surface area contributed by atoms with Crippen molar-refractivity contribution in [1.82, 2.24) is 15.6 Å². The summed E-state index contributed by atoms with van der Waals surface area (Å²) in [5.74, 6) is -0.472. The molecule has 1 aliphatic rings. The van der Waals surface area contributed by atoms with Crippen molar-refractivity contribution in [1.29, 1.82) is 0 Å². The van der Waals surface area contributed by atoms with Gasteiger partial charge in [-0.3, -0.25) is 9.59 Å². The van der Waals surface area contributed by atoms with Crippen LogP contribution in [0, 0.1) is 0 Å². The zero-order valence-electron chi connectivity index (χ0n) is 14.6. The topological polar surface area (TPSA) is 100 Å². The van der Waals surface area contributed by atoms with Gasteiger partial charge in [-0.15, -0.1) is 0 Å². The van der Waals surface area contributed by atoms with Crippen molar-refractivity contribution in [3.05, 3.63) is 0 Å². The molecule has 0 radical (unpaired) electrons. The van der Waals surface area contributed by atoms with Crippen LogP contribution in [0.25, 0.3) is 0 Å². The third-order valence-corrected chi connectivity index (χ3v) is 2.97. The fourth-order valence-corrected chi connectivity index (χ4v) is 2.13. The highest BCUT2D eigenvalue weighted by Crippen LogP contribution is 2.11. The Hall–Kier alpha value is -2.12. The van der Waals surface area contributed by atoms with Crippen LogP contribution in [0.5, 0.6) is 0 Å². The van der Waals surface area contributed by atoms with Crippen LogP contribution in [0.4, 0.5) is 4.79 Å². The maximum absolute atomic E-state index is 12.3. The van der Waals surface area contributed by atoms with Gasteiger partial charge in [0.25, 0.3) is 5.91 Å². The van der Waals surface area contributed by atoms with E-state index >= 15 is 0 Å². The van der Waals surface area contributed by atoms with E-state index in [4.69, 9.17) is 4.74 Å². The van der Waals surface area contributed by atoms with Gasteiger partial charge in [0.2, 0.25) is 5.91 Å². The molecule has 1 rings (SSSR count). The maximum atomic E-state index is 12.3. The van der Waals surface area contributed by atoms with Crippen LogP contribution in [0.1, 0.15) is 47.5 Å². The maximum Gasteiger partial charge on any atom is 0.408 e. The zero-order chi connectivity index (χ0) is 17.8. The Morgan fingerprint density at radius 3 is 2.35 bits per heavy atom. The van der Waals surface area contributed by atoms with E-state index in [0.29, 0.717) is 12.1 Å². The van der Waals surface area contributed by atoms with Crippen molar-refractivity contribution in [3.8, 4) is 0 Å². The highest BCUT2D eigenvalue weighted by Gasteiger charge is 2.29. The quantitative estimate of drug-likeness (QED) is 0.805. The lowest BCUT2D eigenvalue weighted by Gasteiger charge is -2.32. The molecule has 1 heterocycles. The summed E-state index contributed by atoms with van der Waals surface area (Å²) >= 11 is 0. The van der Waals surface area contributed by atoms with Crippen LogP contribution in [-0.2, 0) is 14.3 Å². The number of nitrogens with one attached hydrogen (secondary N) is 2. The summed E-state index contributed by atoms with van der Waals surface area (Å²) in [6.45, 7) is 9.22. The Bertz CT molecular complexity index is 520. The molecular formula is C15H26N4O4. The summed E-state index contributed by atoms with van der Waals surface area (Å²) in [6.07, 6.45) is 0.0259. The van der Waals surface area contributed by atoms with E-state index in [0.717, 1.165) is 0 Å². The fraction of sp³-hybridized carbons (Fsp3) is 0.733. The van der Waals surface area contributed by atoms with E-state index in [1.165, 1.54) is 4.90 Å². The van der Waals surface area contributed by atoms with Gasteiger partial charge in [0.1, 0.15) is 11.3 Å². The second-order valence-corrected chi connectivity index (χ2v) is 7.27. The fourth-order valence-electron chi connectivity index (χ4n) is 2.13. The Kier molecular flexibility index (Phi) is 5.74. The Morgan fingerprint density at radius 1 is 1.26 bits per heavy atom. The predicted molar refractivity (Wildman–Crippen MR) is 85.9 cm³/mol. The normalized spacial score (nSPS) is 15.4. The van der Waals surface area contributed by atoms with Crippen LogP contribution >= 0.6 is 0 Å². The molecule has 0 saturated carbocycles. The molecular weight excluding hydrogens is 300 g/mol. The van der Waals surface area contributed by atoms with Crippen LogP contribution in [-0.4, -0.2) is 53.3 Å².